The number of imidazole rings is 1. The Hall–Kier alpha value is -3.42. The number of methoxy groups -OCH3 is 1. The van der Waals surface area contributed by atoms with Crippen LogP contribution in [0.5, 0.6) is 5.75 Å². The van der Waals surface area contributed by atoms with E-state index >= 15 is 0 Å². The number of fused-ring (bicyclic) bond motifs is 1. The Morgan fingerprint density at radius 3 is 2.58 bits per heavy atom. The van der Waals surface area contributed by atoms with E-state index in [0.29, 0.717) is 22.7 Å². The number of hydrazine groups is 1. The quantitative estimate of drug-likeness (QED) is 0.623. The standard InChI is InChI=1S/C18H17FN4O3/c1-10-20-14-8-7-13(17(26-2)16(14)21-10)18(25)23-22-15(24)9-11-3-5-12(19)6-4-11/h3-8H,9H2,1-2H3,(H,20,21)(H,22,24)(H,23,25). The number of aromatic nitrogens is 2. The van der Waals surface area contributed by atoms with Crippen LogP contribution in [-0.2, 0) is 11.2 Å². The largest absolute Gasteiger partial charge is 0.494 e. The molecule has 1 heterocycles. The Morgan fingerprint density at radius 1 is 1.15 bits per heavy atom. The molecule has 3 rings (SSSR count). The number of ether oxygens (including phenoxy) is 1. The maximum absolute atomic E-state index is 12.9. The summed E-state index contributed by atoms with van der Waals surface area (Å²) < 4.78 is 18.2. The van der Waals surface area contributed by atoms with Gasteiger partial charge < -0.3 is 9.72 Å². The van der Waals surface area contributed by atoms with Gasteiger partial charge in [-0.25, -0.2) is 9.37 Å². The van der Waals surface area contributed by atoms with E-state index in [2.05, 4.69) is 20.8 Å². The van der Waals surface area contributed by atoms with Crippen LogP contribution in [0.2, 0.25) is 0 Å². The maximum atomic E-state index is 12.9. The van der Waals surface area contributed by atoms with E-state index in [0.717, 1.165) is 5.52 Å². The summed E-state index contributed by atoms with van der Waals surface area (Å²) in [6, 6.07) is 8.86. The molecule has 1 aromatic heterocycles. The van der Waals surface area contributed by atoms with E-state index < -0.39 is 11.8 Å². The first-order valence-corrected chi connectivity index (χ1v) is 7.85. The maximum Gasteiger partial charge on any atom is 0.273 e. The molecule has 0 spiro atoms. The lowest BCUT2D eigenvalue weighted by Gasteiger charge is -2.11. The number of benzene rings is 2. The van der Waals surface area contributed by atoms with Crippen LogP contribution in [-0.4, -0.2) is 28.9 Å². The highest BCUT2D eigenvalue weighted by atomic mass is 19.1. The second kappa shape index (κ2) is 7.22. The van der Waals surface area contributed by atoms with Gasteiger partial charge in [0.15, 0.2) is 5.75 Å². The second-order valence-electron chi connectivity index (χ2n) is 5.67. The van der Waals surface area contributed by atoms with Gasteiger partial charge in [-0.3, -0.25) is 20.4 Å². The van der Waals surface area contributed by atoms with Gasteiger partial charge in [0.05, 0.1) is 24.6 Å². The summed E-state index contributed by atoms with van der Waals surface area (Å²) in [6.07, 6.45) is 0.00922. The molecule has 26 heavy (non-hydrogen) atoms. The third kappa shape index (κ3) is 3.64. The van der Waals surface area contributed by atoms with Crippen LogP contribution >= 0.6 is 0 Å². The van der Waals surface area contributed by atoms with E-state index in [1.807, 2.05) is 0 Å². The van der Waals surface area contributed by atoms with Gasteiger partial charge in [-0.15, -0.1) is 0 Å². The number of aryl methyl sites for hydroxylation is 1. The highest BCUT2D eigenvalue weighted by Gasteiger charge is 2.18. The first-order valence-electron chi connectivity index (χ1n) is 7.85. The van der Waals surface area contributed by atoms with Crippen molar-refractivity contribution in [2.45, 2.75) is 13.3 Å². The number of carbonyl (C=O) groups excluding carboxylic acids is 2. The second-order valence-corrected chi connectivity index (χ2v) is 5.67. The topological polar surface area (TPSA) is 96.1 Å². The van der Waals surface area contributed by atoms with Crippen LogP contribution in [0.15, 0.2) is 36.4 Å². The first-order chi connectivity index (χ1) is 12.5. The fraction of sp³-hybridized carbons (Fsp3) is 0.167. The molecule has 0 atom stereocenters. The van der Waals surface area contributed by atoms with E-state index in [4.69, 9.17) is 4.74 Å². The average Bonchev–Trinajstić information content (AvgIpc) is 3.01. The summed E-state index contributed by atoms with van der Waals surface area (Å²) in [5, 5.41) is 0. The van der Waals surface area contributed by atoms with Gasteiger partial charge >= 0.3 is 0 Å². The van der Waals surface area contributed by atoms with Crippen LogP contribution in [0, 0.1) is 12.7 Å². The lowest BCUT2D eigenvalue weighted by atomic mass is 10.1. The summed E-state index contributed by atoms with van der Waals surface area (Å²) in [5.41, 5.74) is 6.84. The first kappa shape index (κ1) is 17.4. The third-order valence-electron chi connectivity index (χ3n) is 3.77. The zero-order valence-electron chi connectivity index (χ0n) is 14.2. The molecular weight excluding hydrogens is 339 g/mol. The Labute approximate surface area is 148 Å². The number of rotatable bonds is 4. The van der Waals surface area contributed by atoms with Crippen molar-refractivity contribution in [2.24, 2.45) is 0 Å². The molecule has 0 fully saturated rings. The van der Waals surface area contributed by atoms with Gasteiger partial charge in [0.2, 0.25) is 5.91 Å². The van der Waals surface area contributed by atoms with Crippen molar-refractivity contribution in [3.63, 3.8) is 0 Å². The normalized spacial score (nSPS) is 10.6. The summed E-state index contributed by atoms with van der Waals surface area (Å²) in [6.45, 7) is 1.80. The minimum Gasteiger partial charge on any atom is -0.494 e. The van der Waals surface area contributed by atoms with Gasteiger partial charge in [-0.1, -0.05) is 12.1 Å². The lowest BCUT2D eigenvalue weighted by molar-refractivity contribution is -0.121. The Morgan fingerprint density at radius 2 is 1.88 bits per heavy atom. The third-order valence-corrected chi connectivity index (χ3v) is 3.77. The smallest absolute Gasteiger partial charge is 0.273 e. The molecular formula is C18H17FN4O3. The van der Waals surface area contributed by atoms with Crippen LogP contribution in [0.4, 0.5) is 4.39 Å². The monoisotopic (exact) mass is 356 g/mol. The molecule has 134 valence electrons. The number of hydrogen-bond acceptors (Lipinski definition) is 4. The highest BCUT2D eigenvalue weighted by molar-refractivity contribution is 6.02. The highest BCUT2D eigenvalue weighted by Crippen LogP contribution is 2.28. The van der Waals surface area contributed by atoms with Crippen molar-refractivity contribution in [3.05, 3.63) is 59.2 Å². The Kier molecular flexibility index (Phi) is 4.83. The minimum atomic E-state index is -0.531. The molecule has 2 amide bonds. The van der Waals surface area contributed by atoms with Crippen molar-refractivity contribution < 1.29 is 18.7 Å². The number of amides is 2. The van der Waals surface area contributed by atoms with Crippen LogP contribution in [0.3, 0.4) is 0 Å². The van der Waals surface area contributed by atoms with Crippen LogP contribution in [0.25, 0.3) is 11.0 Å². The van der Waals surface area contributed by atoms with E-state index in [-0.39, 0.29) is 17.8 Å². The van der Waals surface area contributed by atoms with Gasteiger partial charge in [-0.05, 0) is 36.8 Å². The SMILES string of the molecule is COc1c(C(=O)NNC(=O)Cc2ccc(F)cc2)ccc2[nH]c(C)nc12. The predicted octanol–water partition coefficient (Wildman–Crippen LogP) is 2.02. The van der Waals surface area contributed by atoms with Crippen molar-refractivity contribution in [2.75, 3.05) is 7.11 Å². The fourth-order valence-corrected chi connectivity index (χ4v) is 2.58. The summed E-state index contributed by atoms with van der Waals surface area (Å²) in [4.78, 5) is 31.7. The van der Waals surface area contributed by atoms with Crippen molar-refractivity contribution in [1.29, 1.82) is 0 Å². The zero-order chi connectivity index (χ0) is 18.7. The van der Waals surface area contributed by atoms with Crippen LogP contribution in [0.1, 0.15) is 21.7 Å². The van der Waals surface area contributed by atoms with E-state index in [9.17, 15) is 14.0 Å². The average molecular weight is 356 g/mol. The number of halogens is 1. The van der Waals surface area contributed by atoms with Crippen molar-refractivity contribution in [3.8, 4) is 5.75 Å². The van der Waals surface area contributed by atoms with Crippen LogP contribution < -0.4 is 15.6 Å². The molecule has 0 aliphatic rings. The summed E-state index contributed by atoms with van der Waals surface area (Å²) in [7, 11) is 1.45. The number of hydrogen-bond donors (Lipinski definition) is 3. The van der Waals surface area contributed by atoms with Gasteiger partial charge in [0.25, 0.3) is 5.91 Å². The minimum absolute atomic E-state index is 0.00922. The molecule has 0 radical (unpaired) electrons. The summed E-state index contributed by atoms with van der Waals surface area (Å²) in [5.74, 6) is -0.323. The van der Waals surface area contributed by atoms with Crippen molar-refractivity contribution >= 4 is 22.8 Å². The number of H-pyrrole nitrogens is 1. The summed E-state index contributed by atoms with van der Waals surface area (Å²) >= 11 is 0. The number of nitrogens with zero attached hydrogens (tertiary/aromatic N) is 1. The van der Waals surface area contributed by atoms with E-state index in [1.165, 1.54) is 31.4 Å². The predicted molar refractivity (Wildman–Crippen MR) is 93.1 cm³/mol. The number of carbonyl (C=O) groups is 2. The molecule has 3 N–H and O–H groups in total. The number of nitrogens with one attached hydrogen (secondary N) is 3. The molecule has 7 nitrogen and oxygen atoms in total. The lowest BCUT2D eigenvalue weighted by Crippen LogP contribution is -2.42. The Balaban J connectivity index is 1.69. The van der Waals surface area contributed by atoms with Gasteiger partial charge in [0, 0.05) is 0 Å². The molecule has 0 aliphatic heterocycles. The molecule has 2 aromatic carbocycles. The molecule has 0 saturated carbocycles. The number of aromatic amines is 1. The van der Waals surface area contributed by atoms with Gasteiger partial charge in [-0.2, -0.15) is 0 Å². The van der Waals surface area contributed by atoms with Crippen molar-refractivity contribution in [1.82, 2.24) is 20.8 Å². The molecule has 0 unspecified atom stereocenters. The van der Waals surface area contributed by atoms with E-state index in [1.54, 1.807) is 19.1 Å². The molecule has 8 heteroatoms. The molecule has 0 saturated heterocycles. The molecule has 0 aliphatic carbocycles. The Bertz CT molecular complexity index is 966. The fourth-order valence-electron chi connectivity index (χ4n) is 2.58. The van der Waals surface area contributed by atoms with Gasteiger partial charge in [0.1, 0.15) is 17.2 Å². The molecule has 3 aromatic rings. The molecule has 0 bridgehead atoms. The zero-order valence-corrected chi connectivity index (χ0v) is 14.2.